The zero-order chi connectivity index (χ0) is 24.6. The van der Waals surface area contributed by atoms with E-state index in [2.05, 4.69) is 4.18 Å². The van der Waals surface area contributed by atoms with E-state index >= 15 is 0 Å². The molecule has 1 aromatic carbocycles. The fraction of sp³-hybridized carbons (Fsp3) is 0.545. The lowest BCUT2D eigenvalue weighted by Crippen LogP contribution is -2.29. The monoisotopic (exact) mass is 490 g/mol. The molecule has 0 amide bonds. The van der Waals surface area contributed by atoms with Crippen molar-refractivity contribution in [3.05, 3.63) is 39.5 Å². The smallest absolute Gasteiger partial charge is 0.469 e. The number of halogens is 3. The highest BCUT2D eigenvalue weighted by Crippen LogP contribution is 2.42. The maximum Gasteiger partial charge on any atom is 0.534 e. The summed E-state index contributed by atoms with van der Waals surface area (Å²) in [7, 11) is -4.72. The van der Waals surface area contributed by atoms with E-state index in [1.54, 1.807) is 19.9 Å². The molecule has 1 aromatic rings. The number of hydrogen-bond donors (Lipinski definition) is 0. The summed E-state index contributed by atoms with van der Waals surface area (Å²) in [6.45, 7) is 3.33. The van der Waals surface area contributed by atoms with Crippen LogP contribution < -0.4 is 4.18 Å². The van der Waals surface area contributed by atoms with E-state index in [-0.39, 0.29) is 42.5 Å². The van der Waals surface area contributed by atoms with Gasteiger partial charge in [0.05, 0.1) is 13.5 Å². The van der Waals surface area contributed by atoms with Crippen LogP contribution in [-0.4, -0.2) is 33.0 Å². The van der Waals surface area contributed by atoms with Crippen LogP contribution in [0.5, 0.6) is 5.75 Å². The van der Waals surface area contributed by atoms with Gasteiger partial charge in [0.25, 0.3) is 0 Å². The first-order valence-electron chi connectivity index (χ1n) is 10.5. The van der Waals surface area contributed by atoms with Gasteiger partial charge in [0.2, 0.25) is 0 Å². The molecule has 1 saturated carbocycles. The number of ether oxygens (including phenoxy) is 2. The van der Waals surface area contributed by atoms with Crippen LogP contribution in [0.3, 0.4) is 0 Å². The quantitative estimate of drug-likeness (QED) is 0.244. The summed E-state index contributed by atoms with van der Waals surface area (Å²) in [5.74, 6) is -1.99. The molecule has 33 heavy (non-hydrogen) atoms. The van der Waals surface area contributed by atoms with Crippen molar-refractivity contribution in [2.24, 2.45) is 5.92 Å². The highest BCUT2D eigenvalue weighted by atomic mass is 32.2. The average Bonchev–Trinajstić information content (AvgIpc) is 3.34. The molecule has 1 unspecified atom stereocenters. The van der Waals surface area contributed by atoms with Gasteiger partial charge in [-0.3, -0.25) is 4.79 Å². The number of cyclic esters (lactones) is 1. The number of benzene rings is 1. The molecule has 1 aliphatic heterocycles. The summed E-state index contributed by atoms with van der Waals surface area (Å²) < 4.78 is 77.4. The van der Waals surface area contributed by atoms with Gasteiger partial charge in [-0.1, -0.05) is 18.6 Å². The molecular weight excluding hydrogens is 465 g/mol. The summed E-state index contributed by atoms with van der Waals surface area (Å²) in [4.78, 5) is 24.1. The fourth-order valence-electron chi connectivity index (χ4n) is 4.53. The van der Waals surface area contributed by atoms with Gasteiger partial charge < -0.3 is 13.7 Å². The van der Waals surface area contributed by atoms with Gasteiger partial charge in [-0.15, -0.1) is 0 Å². The van der Waals surface area contributed by atoms with E-state index in [9.17, 15) is 31.2 Å². The minimum atomic E-state index is -6.01. The van der Waals surface area contributed by atoms with E-state index in [0.29, 0.717) is 29.5 Å². The number of carbonyl (C=O) groups is 2. The van der Waals surface area contributed by atoms with Crippen molar-refractivity contribution in [3.8, 4) is 5.75 Å². The van der Waals surface area contributed by atoms with Crippen LogP contribution in [0.4, 0.5) is 13.2 Å². The van der Waals surface area contributed by atoms with Crippen molar-refractivity contribution >= 4 is 22.1 Å². The van der Waals surface area contributed by atoms with E-state index in [1.165, 1.54) is 7.11 Å². The molecule has 11 heteroatoms. The number of alkyl halides is 3. The zero-order valence-electron chi connectivity index (χ0n) is 18.5. The largest absolute Gasteiger partial charge is 0.534 e. The lowest BCUT2D eigenvalue weighted by Gasteiger charge is -2.20. The SMILES string of the molecule is CCc1c(C)c2c(c(OS(=O)(=O)C(F)(F)F)c1C/C=C1\CCCC1CC(=O)OC)C(=O)OC2. The lowest BCUT2D eigenvalue weighted by molar-refractivity contribution is -0.141. The Hall–Kier alpha value is -2.56. The van der Waals surface area contributed by atoms with E-state index in [0.717, 1.165) is 18.4 Å². The molecule has 1 atom stereocenters. The minimum Gasteiger partial charge on any atom is -0.469 e. The van der Waals surface area contributed by atoms with Crippen molar-refractivity contribution in [2.45, 2.75) is 64.5 Å². The summed E-state index contributed by atoms with van der Waals surface area (Å²) in [6, 6.07) is 0. The standard InChI is InChI=1S/C22H25F3O7S/c1-4-15-12(2)17-11-31-21(27)19(17)20(32-33(28,29)22(23,24)25)16(15)9-8-13-6-5-7-14(13)10-18(26)30-3/h8,14H,4-7,9-11H2,1-3H3/b13-8+. The molecule has 3 rings (SSSR count). The topological polar surface area (TPSA) is 96.0 Å². The van der Waals surface area contributed by atoms with Crippen LogP contribution in [0, 0.1) is 12.8 Å². The van der Waals surface area contributed by atoms with E-state index < -0.39 is 27.3 Å². The Morgan fingerprint density at radius 1 is 1.27 bits per heavy atom. The average molecular weight is 490 g/mol. The van der Waals surface area contributed by atoms with Crippen molar-refractivity contribution in [3.63, 3.8) is 0 Å². The van der Waals surface area contributed by atoms with Gasteiger partial charge in [-0.25, -0.2) is 4.79 Å². The molecule has 0 radical (unpaired) electrons. The number of hydrogen-bond acceptors (Lipinski definition) is 7. The third-order valence-electron chi connectivity index (χ3n) is 6.21. The number of fused-ring (bicyclic) bond motifs is 1. The lowest BCUT2D eigenvalue weighted by atomic mass is 9.88. The Kier molecular flexibility index (Phi) is 7.11. The first-order chi connectivity index (χ1) is 15.4. The predicted octanol–water partition coefficient (Wildman–Crippen LogP) is 4.29. The molecule has 0 N–H and O–H groups in total. The predicted molar refractivity (Wildman–Crippen MR) is 111 cm³/mol. The number of carbonyl (C=O) groups excluding carboxylic acids is 2. The molecule has 0 spiro atoms. The third kappa shape index (κ3) is 4.87. The normalized spacial score (nSPS) is 19.5. The zero-order valence-corrected chi connectivity index (χ0v) is 19.3. The Bertz CT molecular complexity index is 1100. The van der Waals surface area contributed by atoms with E-state index in [4.69, 9.17) is 9.47 Å². The van der Waals surface area contributed by atoms with Crippen molar-refractivity contribution in [2.75, 3.05) is 7.11 Å². The molecule has 0 saturated heterocycles. The Morgan fingerprint density at radius 3 is 2.58 bits per heavy atom. The highest BCUT2D eigenvalue weighted by molar-refractivity contribution is 7.88. The Morgan fingerprint density at radius 2 is 1.97 bits per heavy atom. The van der Waals surface area contributed by atoms with Gasteiger partial charge in [0, 0.05) is 11.1 Å². The summed E-state index contributed by atoms with van der Waals surface area (Å²) >= 11 is 0. The van der Waals surface area contributed by atoms with Crippen LogP contribution in [0.15, 0.2) is 11.6 Å². The first kappa shape index (κ1) is 25.1. The number of esters is 2. The highest BCUT2D eigenvalue weighted by Gasteiger charge is 2.50. The van der Waals surface area contributed by atoms with Gasteiger partial charge in [0.15, 0.2) is 5.75 Å². The van der Waals surface area contributed by atoms with Crippen molar-refractivity contribution < 1.29 is 44.8 Å². The van der Waals surface area contributed by atoms with Crippen LogP contribution in [-0.2, 0) is 43.8 Å². The summed E-state index contributed by atoms with van der Waals surface area (Å²) in [6.07, 6.45) is 4.70. The number of allylic oxidation sites excluding steroid dienone is 2. The van der Waals surface area contributed by atoms with E-state index in [1.807, 2.05) is 0 Å². The fourth-order valence-corrected chi connectivity index (χ4v) is 5.03. The first-order valence-corrected chi connectivity index (χ1v) is 11.9. The maximum absolute atomic E-state index is 13.1. The molecule has 2 aliphatic rings. The van der Waals surface area contributed by atoms with Gasteiger partial charge in [0.1, 0.15) is 12.2 Å². The van der Waals surface area contributed by atoms with Gasteiger partial charge in [-0.05, 0) is 56.1 Å². The molecule has 1 aliphatic carbocycles. The Labute approximate surface area is 190 Å². The molecule has 1 heterocycles. The number of rotatable bonds is 7. The van der Waals surface area contributed by atoms with Crippen molar-refractivity contribution in [1.82, 2.24) is 0 Å². The van der Waals surface area contributed by atoms with Gasteiger partial charge in [-0.2, -0.15) is 21.6 Å². The second-order valence-electron chi connectivity index (χ2n) is 8.03. The second-order valence-corrected chi connectivity index (χ2v) is 9.57. The van der Waals surface area contributed by atoms with Crippen LogP contribution in [0.25, 0.3) is 0 Å². The van der Waals surface area contributed by atoms with Crippen molar-refractivity contribution in [1.29, 1.82) is 0 Å². The summed E-state index contributed by atoms with van der Waals surface area (Å²) in [5, 5.41) is 0. The second kappa shape index (κ2) is 9.36. The van der Waals surface area contributed by atoms with Crippen LogP contribution >= 0.6 is 0 Å². The molecule has 1 fully saturated rings. The maximum atomic E-state index is 13.1. The molecule has 7 nitrogen and oxygen atoms in total. The molecular formula is C22H25F3O7S. The summed E-state index contributed by atoms with van der Waals surface area (Å²) in [5.41, 5.74) is -3.25. The van der Waals surface area contributed by atoms with Crippen LogP contribution in [0.1, 0.15) is 65.2 Å². The minimum absolute atomic E-state index is 0.0420. The Balaban J connectivity index is 2.12. The molecule has 182 valence electrons. The van der Waals surface area contributed by atoms with Gasteiger partial charge >= 0.3 is 27.6 Å². The number of methoxy groups -OCH3 is 1. The molecule has 0 aromatic heterocycles. The molecule has 0 bridgehead atoms. The van der Waals surface area contributed by atoms with Crippen LogP contribution in [0.2, 0.25) is 0 Å². The third-order valence-corrected chi connectivity index (χ3v) is 7.16.